The van der Waals surface area contributed by atoms with Gasteiger partial charge < -0.3 is 10.6 Å². The van der Waals surface area contributed by atoms with Crippen LogP contribution in [0.2, 0.25) is 0 Å². The molecule has 1 saturated heterocycles. The second-order valence-electron chi connectivity index (χ2n) is 5.62. The lowest BCUT2D eigenvalue weighted by atomic mass is 10.2. The predicted octanol–water partition coefficient (Wildman–Crippen LogP) is 0.282. The van der Waals surface area contributed by atoms with Gasteiger partial charge in [0.2, 0.25) is 10.0 Å². The zero-order chi connectivity index (χ0) is 15.6. The number of hydrogen-bond donors (Lipinski definition) is 2. The fraction of sp³-hybridized carbons (Fsp3) is 0.769. The summed E-state index contributed by atoms with van der Waals surface area (Å²) in [6.45, 7) is 6.08. The van der Waals surface area contributed by atoms with E-state index < -0.39 is 10.0 Å². The number of H-pyrrole nitrogens is 1. The van der Waals surface area contributed by atoms with Gasteiger partial charge in [-0.25, -0.2) is 8.42 Å². The van der Waals surface area contributed by atoms with Gasteiger partial charge in [-0.1, -0.05) is 6.92 Å². The van der Waals surface area contributed by atoms with Crippen molar-refractivity contribution < 1.29 is 8.42 Å². The summed E-state index contributed by atoms with van der Waals surface area (Å²) in [6, 6.07) is -0.0116. The van der Waals surface area contributed by atoms with E-state index in [1.807, 2.05) is 14.0 Å². The Morgan fingerprint density at radius 2 is 2.14 bits per heavy atom. The van der Waals surface area contributed by atoms with Gasteiger partial charge in [0.15, 0.2) is 0 Å². The minimum Gasteiger partial charge on any atom is -0.325 e. The third kappa shape index (κ3) is 3.13. The number of rotatable bonds is 4. The average molecular weight is 315 g/mol. The van der Waals surface area contributed by atoms with Crippen molar-refractivity contribution in [3.8, 4) is 0 Å². The van der Waals surface area contributed by atoms with Crippen LogP contribution in [0.4, 0.5) is 0 Å². The molecule has 1 aromatic rings. The first-order valence-corrected chi connectivity index (χ1v) is 8.80. The smallest absolute Gasteiger partial charge is 0.247 e. The van der Waals surface area contributed by atoms with Gasteiger partial charge >= 0.3 is 0 Å². The van der Waals surface area contributed by atoms with Crippen LogP contribution in [0.15, 0.2) is 4.90 Å². The Hall–Kier alpha value is -0.960. The van der Waals surface area contributed by atoms with Gasteiger partial charge in [-0.2, -0.15) is 9.40 Å². The minimum atomic E-state index is -3.57. The highest BCUT2D eigenvalue weighted by Crippen LogP contribution is 2.26. The van der Waals surface area contributed by atoms with E-state index in [1.54, 1.807) is 11.2 Å². The van der Waals surface area contributed by atoms with E-state index in [9.17, 15) is 8.42 Å². The molecule has 3 N–H and O–H groups in total. The molecule has 2 rings (SSSR count). The van der Waals surface area contributed by atoms with E-state index in [1.165, 1.54) is 0 Å². The van der Waals surface area contributed by atoms with Crippen molar-refractivity contribution in [2.45, 2.75) is 44.2 Å². The largest absolute Gasteiger partial charge is 0.325 e. The van der Waals surface area contributed by atoms with E-state index in [4.69, 9.17) is 5.73 Å². The third-order valence-corrected chi connectivity index (χ3v) is 6.20. The molecule has 0 aliphatic carbocycles. The number of sulfonamides is 1. The van der Waals surface area contributed by atoms with Crippen LogP contribution >= 0.6 is 0 Å². The molecule has 0 saturated carbocycles. The molecule has 1 aliphatic rings. The van der Waals surface area contributed by atoms with E-state index in [0.717, 1.165) is 25.9 Å². The molecule has 0 radical (unpaired) electrons. The average Bonchev–Trinajstić information content (AvgIpc) is 2.71. The maximum Gasteiger partial charge on any atom is 0.247 e. The maximum atomic E-state index is 13.1. The fourth-order valence-corrected chi connectivity index (χ4v) is 5.01. The van der Waals surface area contributed by atoms with Crippen molar-refractivity contribution in [1.29, 1.82) is 0 Å². The number of aromatic nitrogens is 2. The van der Waals surface area contributed by atoms with Gasteiger partial charge in [-0.3, -0.25) is 5.10 Å². The van der Waals surface area contributed by atoms with Gasteiger partial charge in [0, 0.05) is 25.7 Å². The summed E-state index contributed by atoms with van der Waals surface area (Å²) in [5.41, 5.74) is 6.61. The molecule has 21 heavy (non-hydrogen) atoms. The topological polar surface area (TPSA) is 95.3 Å². The highest BCUT2D eigenvalue weighted by molar-refractivity contribution is 7.89. The molecule has 120 valence electrons. The molecule has 0 bridgehead atoms. The summed E-state index contributed by atoms with van der Waals surface area (Å²) in [5, 5.41) is 6.76. The molecule has 8 heteroatoms. The number of aryl methyl sites for hydroxylation is 1. The molecule has 1 atom stereocenters. The SMILES string of the molecule is CCC1CN(C)CCCN1S(=O)(=O)c1c(CN)n[nH]c1C. The van der Waals surface area contributed by atoms with Gasteiger partial charge in [0.1, 0.15) is 4.90 Å². The number of likely N-dealkylation sites (N-methyl/N-ethyl adjacent to an activating group) is 1. The first-order chi connectivity index (χ1) is 9.91. The molecule has 1 fully saturated rings. The summed E-state index contributed by atoms with van der Waals surface area (Å²) < 4.78 is 27.8. The number of nitrogens with two attached hydrogens (primary N) is 1. The lowest BCUT2D eigenvalue weighted by molar-refractivity contribution is 0.270. The Kier molecular flexibility index (Phi) is 5.03. The number of aromatic amines is 1. The van der Waals surface area contributed by atoms with E-state index in [-0.39, 0.29) is 17.5 Å². The molecular formula is C13H25N5O2S. The Morgan fingerprint density at radius 1 is 1.43 bits per heavy atom. The van der Waals surface area contributed by atoms with Gasteiger partial charge in [-0.05, 0) is 33.4 Å². The Morgan fingerprint density at radius 3 is 2.76 bits per heavy atom. The van der Waals surface area contributed by atoms with Crippen molar-refractivity contribution in [3.05, 3.63) is 11.4 Å². The summed E-state index contributed by atoms with van der Waals surface area (Å²) >= 11 is 0. The first-order valence-electron chi connectivity index (χ1n) is 7.36. The second kappa shape index (κ2) is 6.43. The summed E-state index contributed by atoms with van der Waals surface area (Å²) in [5.74, 6) is 0. The molecule has 0 amide bonds. The third-order valence-electron chi connectivity index (χ3n) is 4.04. The first kappa shape index (κ1) is 16.4. The maximum absolute atomic E-state index is 13.1. The highest BCUT2D eigenvalue weighted by Gasteiger charge is 2.36. The molecule has 0 aromatic carbocycles. The van der Waals surface area contributed by atoms with E-state index in [0.29, 0.717) is 17.9 Å². The monoisotopic (exact) mass is 315 g/mol. The van der Waals surface area contributed by atoms with Gasteiger partial charge in [0.25, 0.3) is 0 Å². The number of nitrogens with zero attached hydrogens (tertiary/aromatic N) is 3. The van der Waals surface area contributed by atoms with Crippen LogP contribution in [0.25, 0.3) is 0 Å². The zero-order valence-corrected chi connectivity index (χ0v) is 13.8. The van der Waals surface area contributed by atoms with Crippen molar-refractivity contribution in [2.24, 2.45) is 5.73 Å². The Labute approximate surface area is 126 Å². The Bertz CT molecular complexity index is 583. The second-order valence-corrected chi connectivity index (χ2v) is 7.45. The molecule has 7 nitrogen and oxygen atoms in total. The van der Waals surface area contributed by atoms with Crippen LogP contribution in [0.3, 0.4) is 0 Å². The molecule has 1 aromatic heterocycles. The van der Waals surface area contributed by atoms with Crippen LogP contribution in [0, 0.1) is 6.92 Å². The van der Waals surface area contributed by atoms with Crippen LogP contribution in [0.1, 0.15) is 31.2 Å². The Balaban J connectivity index is 2.43. The van der Waals surface area contributed by atoms with Crippen LogP contribution < -0.4 is 5.73 Å². The summed E-state index contributed by atoms with van der Waals surface area (Å²) in [4.78, 5) is 2.45. The summed E-state index contributed by atoms with van der Waals surface area (Å²) in [6.07, 6.45) is 1.62. The van der Waals surface area contributed by atoms with E-state index in [2.05, 4.69) is 15.1 Å². The predicted molar refractivity (Wildman–Crippen MR) is 81.3 cm³/mol. The molecule has 0 spiro atoms. The lowest BCUT2D eigenvalue weighted by Gasteiger charge is -2.29. The van der Waals surface area contributed by atoms with Crippen LogP contribution in [-0.4, -0.2) is 60.5 Å². The van der Waals surface area contributed by atoms with Crippen molar-refractivity contribution >= 4 is 10.0 Å². The molecule has 1 aliphatic heterocycles. The lowest BCUT2D eigenvalue weighted by Crippen LogP contribution is -2.43. The normalized spacial score (nSPS) is 22.4. The summed E-state index contributed by atoms with van der Waals surface area (Å²) in [7, 11) is -1.53. The minimum absolute atomic E-state index is 0.0116. The van der Waals surface area contributed by atoms with Gasteiger partial charge in [0.05, 0.1) is 11.4 Å². The van der Waals surface area contributed by atoms with Crippen molar-refractivity contribution in [2.75, 3.05) is 26.7 Å². The number of hydrogen-bond acceptors (Lipinski definition) is 5. The molecule has 1 unspecified atom stereocenters. The standard InChI is InChI=1S/C13H25N5O2S/c1-4-11-9-17(3)6-5-7-18(11)21(19,20)13-10(2)15-16-12(13)8-14/h11H,4-9,14H2,1-3H3,(H,15,16). The van der Waals surface area contributed by atoms with Crippen molar-refractivity contribution in [1.82, 2.24) is 19.4 Å². The van der Waals surface area contributed by atoms with Crippen LogP contribution in [-0.2, 0) is 16.6 Å². The molecule has 2 heterocycles. The number of nitrogens with one attached hydrogen (secondary N) is 1. The fourth-order valence-electron chi connectivity index (χ4n) is 2.94. The molecular weight excluding hydrogens is 290 g/mol. The van der Waals surface area contributed by atoms with Gasteiger partial charge in [-0.15, -0.1) is 0 Å². The quantitative estimate of drug-likeness (QED) is 0.832. The van der Waals surface area contributed by atoms with Crippen LogP contribution in [0.5, 0.6) is 0 Å². The van der Waals surface area contributed by atoms with E-state index >= 15 is 0 Å². The highest BCUT2D eigenvalue weighted by atomic mass is 32.2. The zero-order valence-electron chi connectivity index (χ0n) is 13.0. The van der Waals surface area contributed by atoms with Crippen molar-refractivity contribution in [3.63, 3.8) is 0 Å².